The van der Waals surface area contributed by atoms with E-state index < -0.39 is 19.9 Å². The highest BCUT2D eigenvalue weighted by Crippen LogP contribution is 2.23. The lowest BCUT2D eigenvalue weighted by Gasteiger charge is -2.14. The molecule has 0 aliphatic carbocycles. The summed E-state index contributed by atoms with van der Waals surface area (Å²) in [6, 6.07) is 3.91. The van der Waals surface area contributed by atoms with Crippen molar-refractivity contribution in [2.24, 2.45) is 5.14 Å². The molecule has 1 fully saturated rings. The Morgan fingerprint density at radius 2 is 1.95 bits per heavy atom. The molecule has 1 aromatic rings. The predicted octanol–water partition coefficient (Wildman–Crippen LogP) is -0.485. The highest BCUT2D eigenvalue weighted by Gasteiger charge is 2.27. The van der Waals surface area contributed by atoms with Crippen LogP contribution >= 0.6 is 0 Å². The molecule has 0 amide bonds. The molecule has 0 saturated carbocycles. The summed E-state index contributed by atoms with van der Waals surface area (Å²) in [5.74, 6) is 0.168. The van der Waals surface area contributed by atoms with E-state index in [9.17, 15) is 16.8 Å². The number of nitrogens with one attached hydrogen (secondary N) is 1. The van der Waals surface area contributed by atoms with Crippen molar-refractivity contribution in [1.29, 1.82) is 0 Å². The molecular weight excluding hydrogens is 290 g/mol. The lowest BCUT2D eigenvalue weighted by molar-refractivity contribution is 0.597. The fourth-order valence-corrected chi connectivity index (χ4v) is 4.28. The van der Waals surface area contributed by atoms with Gasteiger partial charge in [-0.1, -0.05) is 0 Å². The Morgan fingerprint density at radius 3 is 2.47 bits per heavy atom. The van der Waals surface area contributed by atoms with E-state index in [1.54, 1.807) is 6.07 Å². The van der Waals surface area contributed by atoms with Crippen molar-refractivity contribution in [1.82, 2.24) is 0 Å². The lowest BCUT2D eigenvalue weighted by atomic mass is 10.2. The van der Waals surface area contributed by atoms with Gasteiger partial charge in [-0.2, -0.15) is 0 Å². The van der Waals surface area contributed by atoms with Crippen molar-refractivity contribution in [2.45, 2.75) is 17.4 Å². The molecule has 1 atom stereocenters. The summed E-state index contributed by atoms with van der Waals surface area (Å²) in [6.07, 6.45) is 0.488. The molecule has 0 spiro atoms. The van der Waals surface area contributed by atoms with E-state index in [1.807, 2.05) is 0 Å². The molecule has 0 radical (unpaired) electrons. The molecule has 0 aromatic heterocycles. The fourth-order valence-electron chi connectivity index (χ4n) is 2.01. The average molecular weight is 305 g/mol. The normalized spacial score (nSPS) is 22.3. The first-order chi connectivity index (χ1) is 8.66. The summed E-state index contributed by atoms with van der Waals surface area (Å²) < 4.78 is 45.2. The summed E-state index contributed by atoms with van der Waals surface area (Å²) in [6.45, 7) is 0. The van der Waals surface area contributed by atoms with Gasteiger partial charge in [0, 0.05) is 17.4 Å². The predicted molar refractivity (Wildman–Crippen MR) is 72.9 cm³/mol. The van der Waals surface area contributed by atoms with Crippen LogP contribution in [0.5, 0.6) is 0 Å². The van der Waals surface area contributed by atoms with Crippen LogP contribution in [0, 0.1) is 0 Å². The van der Waals surface area contributed by atoms with Gasteiger partial charge in [0.1, 0.15) is 0 Å². The lowest BCUT2D eigenvalue weighted by Crippen LogP contribution is -2.21. The molecule has 2 rings (SSSR count). The third kappa shape index (κ3) is 3.58. The number of hydrogen-bond acceptors (Lipinski definition) is 6. The second-order valence-corrected chi connectivity index (χ2v) is 8.37. The summed E-state index contributed by atoms with van der Waals surface area (Å²) >= 11 is 0. The van der Waals surface area contributed by atoms with Crippen molar-refractivity contribution in [3.63, 3.8) is 0 Å². The first-order valence-electron chi connectivity index (χ1n) is 5.56. The van der Waals surface area contributed by atoms with Gasteiger partial charge < -0.3 is 11.1 Å². The minimum absolute atomic E-state index is 0.0342. The number of sulfone groups is 1. The third-order valence-corrected chi connectivity index (χ3v) is 5.52. The van der Waals surface area contributed by atoms with Crippen molar-refractivity contribution < 1.29 is 16.8 Å². The number of nitrogens with two attached hydrogens (primary N) is 2. The molecule has 7 nitrogen and oxygen atoms in total. The van der Waals surface area contributed by atoms with E-state index >= 15 is 0 Å². The van der Waals surface area contributed by atoms with Crippen molar-refractivity contribution >= 4 is 31.2 Å². The van der Waals surface area contributed by atoms with Crippen LogP contribution < -0.4 is 16.2 Å². The minimum atomic E-state index is -3.84. The number of benzene rings is 1. The molecule has 5 N–H and O–H groups in total. The maximum atomic E-state index is 11.3. The molecule has 1 unspecified atom stereocenters. The number of sulfonamides is 1. The highest BCUT2D eigenvalue weighted by molar-refractivity contribution is 7.91. The summed E-state index contributed by atoms with van der Waals surface area (Å²) in [5, 5.41) is 8.01. The Morgan fingerprint density at radius 1 is 1.26 bits per heavy atom. The summed E-state index contributed by atoms with van der Waals surface area (Å²) in [4.78, 5) is -0.101. The van der Waals surface area contributed by atoms with Gasteiger partial charge in [0.2, 0.25) is 10.0 Å². The number of hydrogen-bond donors (Lipinski definition) is 3. The molecule has 1 aromatic carbocycles. The topological polar surface area (TPSA) is 132 Å². The Balaban J connectivity index is 2.25. The maximum Gasteiger partial charge on any atom is 0.238 e. The molecule has 106 valence electrons. The minimum Gasteiger partial charge on any atom is -0.399 e. The second kappa shape index (κ2) is 4.66. The Labute approximate surface area is 112 Å². The standard InChI is InChI=1S/C10H15N3O4S2/c11-7-3-9(5-10(4-7)19(12,16)17)13-8-1-2-18(14,15)6-8/h3-5,8,13H,1-2,6,11H2,(H2,12,16,17). The van der Waals surface area contributed by atoms with Crippen LogP contribution in [0.15, 0.2) is 23.1 Å². The smallest absolute Gasteiger partial charge is 0.238 e. The van der Waals surface area contributed by atoms with Gasteiger partial charge in [0.25, 0.3) is 0 Å². The second-order valence-electron chi connectivity index (χ2n) is 4.58. The molecule has 1 aliphatic heterocycles. The Kier molecular flexibility index (Phi) is 3.45. The van der Waals surface area contributed by atoms with Gasteiger partial charge in [-0.25, -0.2) is 22.0 Å². The Hall–Kier alpha value is -1.32. The van der Waals surface area contributed by atoms with Crippen LogP contribution in [0.1, 0.15) is 6.42 Å². The van der Waals surface area contributed by atoms with Crippen molar-refractivity contribution in [2.75, 3.05) is 22.6 Å². The first kappa shape index (κ1) is 14.1. The van der Waals surface area contributed by atoms with Gasteiger partial charge in [-0.3, -0.25) is 0 Å². The van der Waals surface area contributed by atoms with E-state index in [0.29, 0.717) is 12.1 Å². The third-order valence-electron chi connectivity index (χ3n) is 2.86. The van der Waals surface area contributed by atoms with Crippen LogP contribution in [0.4, 0.5) is 11.4 Å². The molecule has 19 heavy (non-hydrogen) atoms. The first-order valence-corrected chi connectivity index (χ1v) is 8.93. The number of anilines is 2. The van der Waals surface area contributed by atoms with Crippen LogP contribution in [0.25, 0.3) is 0 Å². The fraction of sp³-hybridized carbons (Fsp3) is 0.400. The molecule has 1 aliphatic rings. The zero-order chi connectivity index (χ0) is 14.3. The van der Waals surface area contributed by atoms with Gasteiger partial charge in [-0.15, -0.1) is 0 Å². The monoisotopic (exact) mass is 305 g/mol. The summed E-state index contributed by atoms with van der Waals surface area (Å²) in [7, 11) is -6.84. The number of rotatable bonds is 3. The molecule has 1 heterocycles. The number of primary sulfonamides is 1. The van der Waals surface area contributed by atoms with E-state index in [1.165, 1.54) is 12.1 Å². The van der Waals surface area contributed by atoms with Gasteiger partial charge in [0.05, 0.1) is 16.4 Å². The van der Waals surface area contributed by atoms with Crippen molar-refractivity contribution in [3.8, 4) is 0 Å². The van der Waals surface area contributed by atoms with Crippen LogP contribution in [0.2, 0.25) is 0 Å². The SMILES string of the molecule is Nc1cc(NC2CCS(=O)(=O)C2)cc(S(N)(=O)=O)c1. The van der Waals surface area contributed by atoms with E-state index in [2.05, 4.69) is 5.32 Å². The molecule has 1 saturated heterocycles. The van der Waals surface area contributed by atoms with Crippen molar-refractivity contribution in [3.05, 3.63) is 18.2 Å². The van der Waals surface area contributed by atoms with Crippen LogP contribution in [-0.2, 0) is 19.9 Å². The van der Waals surface area contributed by atoms with E-state index in [4.69, 9.17) is 10.9 Å². The average Bonchev–Trinajstić information content (AvgIpc) is 2.55. The highest BCUT2D eigenvalue weighted by atomic mass is 32.2. The zero-order valence-electron chi connectivity index (χ0n) is 10.0. The van der Waals surface area contributed by atoms with Gasteiger partial charge in [-0.05, 0) is 24.6 Å². The molecular formula is C10H15N3O4S2. The van der Waals surface area contributed by atoms with Gasteiger partial charge in [0.15, 0.2) is 9.84 Å². The molecule has 9 heteroatoms. The zero-order valence-corrected chi connectivity index (χ0v) is 11.7. The van der Waals surface area contributed by atoms with Gasteiger partial charge >= 0.3 is 0 Å². The van der Waals surface area contributed by atoms with E-state index in [-0.39, 0.29) is 28.1 Å². The molecule has 0 bridgehead atoms. The Bertz CT molecular complexity index is 697. The van der Waals surface area contributed by atoms with E-state index in [0.717, 1.165) is 0 Å². The summed E-state index contributed by atoms with van der Waals surface area (Å²) in [5.41, 5.74) is 6.30. The quantitative estimate of drug-likeness (QED) is 0.646. The van der Waals surface area contributed by atoms with Crippen LogP contribution in [0.3, 0.4) is 0 Å². The van der Waals surface area contributed by atoms with Crippen LogP contribution in [-0.4, -0.2) is 34.4 Å². The maximum absolute atomic E-state index is 11.3. The largest absolute Gasteiger partial charge is 0.399 e. The number of nitrogen functional groups attached to an aromatic ring is 1.